The van der Waals surface area contributed by atoms with Crippen LogP contribution >= 0.6 is 0 Å². The second-order valence-electron chi connectivity index (χ2n) is 7.90. The molecule has 2 fully saturated rings. The van der Waals surface area contributed by atoms with Crippen molar-refractivity contribution in [1.82, 2.24) is 15.5 Å². The predicted octanol–water partition coefficient (Wildman–Crippen LogP) is 2.30. The molecule has 0 bridgehead atoms. The lowest BCUT2D eigenvalue weighted by Crippen LogP contribution is -2.51. The maximum Gasteiger partial charge on any atom is 0.317 e. The van der Waals surface area contributed by atoms with E-state index in [4.69, 9.17) is 9.47 Å². The molecule has 2 heterocycles. The fourth-order valence-electron chi connectivity index (χ4n) is 3.69. The van der Waals surface area contributed by atoms with Gasteiger partial charge in [-0.05, 0) is 43.4 Å². The van der Waals surface area contributed by atoms with Crippen LogP contribution in [0.25, 0.3) is 0 Å². The van der Waals surface area contributed by atoms with E-state index in [9.17, 15) is 9.59 Å². The Hall–Kier alpha value is -2.28. The number of carbonyl (C=O) groups excluding carboxylic acids is 2. The maximum absolute atomic E-state index is 12.7. The molecule has 7 nitrogen and oxygen atoms in total. The fourth-order valence-corrected chi connectivity index (χ4v) is 3.69. The molecule has 154 valence electrons. The summed E-state index contributed by atoms with van der Waals surface area (Å²) in [5, 5.41) is 6.00. The largest absolute Gasteiger partial charge is 0.497 e. The summed E-state index contributed by atoms with van der Waals surface area (Å²) in [7, 11) is 1.63. The van der Waals surface area contributed by atoms with Crippen molar-refractivity contribution in [3.63, 3.8) is 0 Å². The molecule has 1 aromatic rings. The van der Waals surface area contributed by atoms with E-state index in [0.29, 0.717) is 39.0 Å². The number of ether oxygens (including phenoxy) is 2. The summed E-state index contributed by atoms with van der Waals surface area (Å²) in [6.45, 7) is 5.00. The van der Waals surface area contributed by atoms with Crippen LogP contribution in [0.2, 0.25) is 0 Å². The van der Waals surface area contributed by atoms with Crippen molar-refractivity contribution in [3.8, 4) is 5.75 Å². The molecule has 1 unspecified atom stereocenters. The first kappa shape index (κ1) is 20.5. The Bertz CT molecular complexity index is 663. The minimum absolute atomic E-state index is 0.0442. The van der Waals surface area contributed by atoms with E-state index in [1.165, 1.54) is 0 Å². The summed E-state index contributed by atoms with van der Waals surface area (Å²) in [4.78, 5) is 26.9. The van der Waals surface area contributed by atoms with Crippen molar-refractivity contribution in [2.24, 2.45) is 5.41 Å². The molecular formula is C21H31N3O4. The lowest BCUT2D eigenvalue weighted by atomic mass is 9.79. The molecule has 1 aromatic carbocycles. The molecule has 0 radical (unpaired) electrons. The zero-order valence-corrected chi connectivity index (χ0v) is 16.8. The van der Waals surface area contributed by atoms with Gasteiger partial charge in [0, 0.05) is 38.2 Å². The lowest BCUT2D eigenvalue weighted by Gasteiger charge is -2.38. The minimum Gasteiger partial charge on any atom is -0.497 e. The van der Waals surface area contributed by atoms with E-state index < -0.39 is 5.41 Å². The maximum atomic E-state index is 12.7. The van der Waals surface area contributed by atoms with E-state index in [2.05, 4.69) is 10.6 Å². The van der Waals surface area contributed by atoms with Gasteiger partial charge >= 0.3 is 6.03 Å². The van der Waals surface area contributed by atoms with Gasteiger partial charge in [0.05, 0.1) is 13.2 Å². The van der Waals surface area contributed by atoms with Gasteiger partial charge in [-0.3, -0.25) is 4.79 Å². The average molecular weight is 389 g/mol. The molecule has 1 atom stereocenters. The monoisotopic (exact) mass is 389 g/mol. The van der Waals surface area contributed by atoms with Crippen molar-refractivity contribution < 1.29 is 19.1 Å². The van der Waals surface area contributed by atoms with Crippen LogP contribution in [0.15, 0.2) is 24.3 Å². The normalized spacial score (nSPS) is 21.2. The number of piperidine rings is 1. The Morgan fingerprint density at radius 1 is 1.21 bits per heavy atom. The number of hydrogen-bond acceptors (Lipinski definition) is 4. The SMILES string of the molecule is COc1ccc(CNC(=O)C2(C)CCN(C(=O)NCC3CCCO3)CC2)cc1. The van der Waals surface area contributed by atoms with Crippen LogP contribution < -0.4 is 15.4 Å². The molecule has 0 saturated carbocycles. The number of nitrogens with zero attached hydrogens (tertiary/aromatic N) is 1. The third-order valence-corrected chi connectivity index (χ3v) is 5.82. The number of nitrogens with one attached hydrogen (secondary N) is 2. The number of urea groups is 1. The van der Waals surface area contributed by atoms with Crippen LogP contribution in [-0.4, -0.2) is 56.3 Å². The standard InChI is InChI=1S/C21H31N3O4/c1-21(19(25)22-14-16-5-7-17(27-2)8-6-16)9-11-24(12-10-21)20(26)23-15-18-4-3-13-28-18/h5-8,18H,3-4,9-15H2,1-2H3,(H,22,25)(H,23,26). The summed E-state index contributed by atoms with van der Waals surface area (Å²) in [5.74, 6) is 0.843. The summed E-state index contributed by atoms with van der Waals surface area (Å²) in [6, 6.07) is 7.61. The van der Waals surface area contributed by atoms with Crippen LogP contribution in [0.3, 0.4) is 0 Å². The molecule has 2 aliphatic rings. The number of likely N-dealkylation sites (tertiary alicyclic amines) is 1. The van der Waals surface area contributed by atoms with E-state index in [1.807, 2.05) is 31.2 Å². The number of amides is 3. The van der Waals surface area contributed by atoms with Crippen molar-refractivity contribution in [2.45, 2.75) is 45.3 Å². The fraction of sp³-hybridized carbons (Fsp3) is 0.619. The Labute approximate surface area is 166 Å². The zero-order chi connectivity index (χ0) is 20.0. The smallest absolute Gasteiger partial charge is 0.317 e. The molecule has 0 aromatic heterocycles. The molecule has 2 saturated heterocycles. The molecule has 0 aliphatic carbocycles. The van der Waals surface area contributed by atoms with Gasteiger partial charge in [-0.25, -0.2) is 4.79 Å². The summed E-state index contributed by atoms with van der Waals surface area (Å²) >= 11 is 0. The Morgan fingerprint density at radius 2 is 1.93 bits per heavy atom. The van der Waals surface area contributed by atoms with Crippen LogP contribution in [0, 0.1) is 5.41 Å². The molecular weight excluding hydrogens is 358 g/mol. The molecule has 0 spiro atoms. The second-order valence-corrected chi connectivity index (χ2v) is 7.90. The Balaban J connectivity index is 1.42. The van der Waals surface area contributed by atoms with Gasteiger partial charge in [-0.15, -0.1) is 0 Å². The average Bonchev–Trinajstić information content (AvgIpc) is 3.25. The van der Waals surface area contributed by atoms with Crippen LogP contribution in [0.1, 0.15) is 38.2 Å². The Kier molecular flexibility index (Phi) is 6.78. The van der Waals surface area contributed by atoms with Gasteiger partial charge in [0.25, 0.3) is 0 Å². The van der Waals surface area contributed by atoms with Gasteiger partial charge in [0.1, 0.15) is 5.75 Å². The van der Waals surface area contributed by atoms with Crippen molar-refractivity contribution in [2.75, 3.05) is 33.4 Å². The third-order valence-electron chi connectivity index (χ3n) is 5.82. The number of methoxy groups -OCH3 is 1. The third kappa shape index (κ3) is 5.16. The second kappa shape index (κ2) is 9.28. The van der Waals surface area contributed by atoms with Crippen molar-refractivity contribution >= 4 is 11.9 Å². The van der Waals surface area contributed by atoms with Gasteiger partial charge in [-0.2, -0.15) is 0 Å². The van der Waals surface area contributed by atoms with Gasteiger partial charge in [-0.1, -0.05) is 19.1 Å². The highest BCUT2D eigenvalue weighted by molar-refractivity contribution is 5.83. The molecule has 2 N–H and O–H groups in total. The van der Waals surface area contributed by atoms with E-state index in [-0.39, 0.29) is 18.0 Å². The first-order valence-corrected chi connectivity index (χ1v) is 10.1. The molecule has 3 amide bonds. The first-order chi connectivity index (χ1) is 13.5. The van der Waals surface area contributed by atoms with Gasteiger partial charge < -0.3 is 25.0 Å². The number of rotatable bonds is 6. The first-order valence-electron chi connectivity index (χ1n) is 10.1. The van der Waals surface area contributed by atoms with E-state index in [0.717, 1.165) is 30.8 Å². The highest BCUT2D eigenvalue weighted by Crippen LogP contribution is 2.31. The minimum atomic E-state index is -0.447. The van der Waals surface area contributed by atoms with Crippen molar-refractivity contribution in [1.29, 1.82) is 0 Å². The van der Waals surface area contributed by atoms with E-state index >= 15 is 0 Å². The molecule has 28 heavy (non-hydrogen) atoms. The molecule has 3 rings (SSSR count). The highest BCUT2D eigenvalue weighted by Gasteiger charge is 2.38. The van der Waals surface area contributed by atoms with Crippen LogP contribution in [-0.2, 0) is 16.1 Å². The summed E-state index contributed by atoms with van der Waals surface area (Å²) < 4.78 is 10.7. The quantitative estimate of drug-likeness (QED) is 0.782. The lowest BCUT2D eigenvalue weighted by molar-refractivity contribution is -0.132. The summed E-state index contributed by atoms with van der Waals surface area (Å²) in [6.07, 6.45) is 3.53. The Morgan fingerprint density at radius 3 is 2.54 bits per heavy atom. The number of hydrogen-bond donors (Lipinski definition) is 2. The number of benzene rings is 1. The molecule has 7 heteroatoms. The zero-order valence-electron chi connectivity index (χ0n) is 16.8. The van der Waals surface area contributed by atoms with Crippen LogP contribution in [0.5, 0.6) is 5.75 Å². The van der Waals surface area contributed by atoms with Crippen molar-refractivity contribution in [3.05, 3.63) is 29.8 Å². The number of carbonyl (C=O) groups is 2. The summed E-state index contributed by atoms with van der Waals surface area (Å²) in [5.41, 5.74) is 0.585. The predicted molar refractivity (Wildman–Crippen MR) is 106 cm³/mol. The van der Waals surface area contributed by atoms with Gasteiger partial charge in [0.15, 0.2) is 0 Å². The highest BCUT2D eigenvalue weighted by atomic mass is 16.5. The topological polar surface area (TPSA) is 79.9 Å². The van der Waals surface area contributed by atoms with E-state index in [1.54, 1.807) is 12.0 Å². The van der Waals surface area contributed by atoms with Crippen LogP contribution in [0.4, 0.5) is 4.79 Å². The molecule has 2 aliphatic heterocycles. The van der Waals surface area contributed by atoms with Gasteiger partial charge in [0.2, 0.25) is 5.91 Å².